The Balaban J connectivity index is 0.986. The number of benzene rings is 7. The van der Waals surface area contributed by atoms with Crippen LogP contribution in [0.15, 0.2) is 200 Å². The lowest BCUT2D eigenvalue weighted by atomic mass is 9.90. The Bertz CT molecular complexity index is 3520. The highest BCUT2D eigenvalue weighted by molar-refractivity contribution is 6.09. The SMILES string of the molecule is CC(C)(C)c1ccc2ccc3c(-c4cccc(-c5ccc(-c6nc(-c7ccccc7)nc(-c7cccc(-c8cccc9ncccc89)c7)n6)cc5)c4)cc(-c4ccccc4)nc3c2n1. The first kappa shape index (κ1) is 38.7. The summed E-state index contributed by atoms with van der Waals surface area (Å²) >= 11 is 0. The van der Waals surface area contributed by atoms with Crippen LogP contribution in [0.4, 0.5) is 0 Å². The highest BCUT2D eigenvalue weighted by atomic mass is 15.0. The van der Waals surface area contributed by atoms with Gasteiger partial charge >= 0.3 is 0 Å². The molecular weight excluding hydrogens is 781 g/mol. The average Bonchev–Trinajstić information content (AvgIpc) is 3.36. The Morgan fingerprint density at radius 3 is 1.66 bits per heavy atom. The molecule has 11 rings (SSSR count). The van der Waals surface area contributed by atoms with Gasteiger partial charge in [0.25, 0.3) is 0 Å². The molecule has 0 unspecified atom stereocenters. The second-order valence-electron chi connectivity index (χ2n) is 17.2. The zero-order valence-electron chi connectivity index (χ0n) is 35.7. The third kappa shape index (κ3) is 7.35. The van der Waals surface area contributed by atoms with Crippen molar-refractivity contribution in [3.63, 3.8) is 0 Å². The predicted octanol–water partition coefficient (Wildman–Crippen LogP) is 14.5. The van der Waals surface area contributed by atoms with E-state index in [1.165, 1.54) is 0 Å². The summed E-state index contributed by atoms with van der Waals surface area (Å²) in [5.41, 5.74) is 15.0. The van der Waals surface area contributed by atoms with E-state index in [0.717, 1.165) is 99.7 Å². The van der Waals surface area contributed by atoms with E-state index in [-0.39, 0.29) is 5.41 Å². The second-order valence-corrected chi connectivity index (χ2v) is 17.2. The fraction of sp³-hybridized carbons (Fsp3) is 0.0690. The van der Waals surface area contributed by atoms with Crippen LogP contribution in [0.1, 0.15) is 26.5 Å². The summed E-state index contributed by atoms with van der Waals surface area (Å²) in [6.07, 6.45) is 1.83. The standard InChI is InChI=1S/C58H42N6/c1-58(2,3)52-32-30-39-29-31-48-49(36-51(38-14-6-4-7-15-38)60-54(48)53(39)61-52)44-20-10-18-42(34-44)37-25-27-41(28-26-37)56-62-55(40-16-8-5-9-17-40)63-57(64-56)45-21-11-19-43(35-45)46-22-12-24-50-47(46)23-13-33-59-50/h4-36H,1-3H3. The summed E-state index contributed by atoms with van der Waals surface area (Å²) < 4.78 is 0. The minimum absolute atomic E-state index is 0.0983. The molecule has 0 spiro atoms. The van der Waals surface area contributed by atoms with E-state index >= 15 is 0 Å². The van der Waals surface area contributed by atoms with Crippen molar-refractivity contribution in [2.45, 2.75) is 26.2 Å². The average molecular weight is 823 g/mol. The summed E-state index contributed by atoms with van der Waals surface area (Å²) in [5.74, 6) is 1.84. The molecule has 0 radical (unpaired) electrons. The molecule has 0 aliphatic heterocycles. The van der Waals surface area contributed by atoms with Gasteiger partial charge in [-0.25, -0.2) is 24.9 Å². The van der Waals surface area contributed by atoms with Crippen LogP contribution in [-0.2, 0) is 5.41 Å². The Labute approximate surface area is 372 Å². The number of aromatic nitrogens is 6. The summed E-state index contributed by atoms with van der Waals surface area (Å²) in [6.45, 7) is 6.61. The van der Waals surface area contributed by atoms with Gasteiger partial charge in [0.2, 0.25) is 0 Å². The third-order valence-corrected chi connectivity index (χ3v) is 11.9. The third-order valence-electron chi connectivity index (χ3n) is 11.9. The van der Waals surface area contributed by atoms with Crippen molar-refractivity contribution in [2.75, 3.05) is 0 Å². The molecule has 0 amide bonds. The van der Waals surface area contributed by atoms with Crippen molar-refractivity contribution in [1.29, 1.82) is 0 Å². The Hall–Kier alpha value is -8.22. The van der Waals surface area contributed by atoms with Crippen molar-refractivity contribution in [3.8, 4) is 78.8 Å². The van der Waals surface area contributed by atoms with Crippen LogP contribution in [0.25, 0.3) is 112 Å². The minimum Gasteiger partial charge on any atom is -0.256 e. The first-order valence-corrected chi connectivity index (χ1v) is 21.6. The van der Waals surface area contributed by atoms with Crippen molar-refractivity contribution in [1.82, 2.24) is 29.9 Å². The van der Waals surface area contributed by atoms with Gasteiger partial charge < -0.3 is 0 Å². The second kappa shape index (κ2) is 15.9. The highest BCUT2D eigenvalue weighted by Crippen LogP contribution is 2.38. The van der Waals surface area contributed by atoms with Crippen LogP contribution < -0.4 is 0 Å². The van der Waals surface area contributed by atoms with Crippen LogP contribution in [0.2, 0.25) is 0 Å². The molecule has 6 heteroatoms. The predicted molar refractivity (Wildman–Crippen MR) is 262 cm³/mol. The van der Waals surface area contributed by atoms with Gasteiger partial charge in [-0.2, -0.15) is 0 Å². The summed E-state index contributed by atoms with van der Waals surface area (Å²) in [4.78, 5) is 30.3. The maximum Gasteiger partial charge on any atom is 0.164 e. The van der Waals surface area contributed by atoms with Gasteiger partial charge in [-0.15, -0.1) is 0 Å². The quantitative estimate of drug-likeness (QED) is 0.149. The molecule has 304 valence electrons. The first-order valence-electron chi connectivity index (χ1n) is 21.6. The maximum atomic E-state index is 5.30. The Morgan fingerprint density at radius 2 is 0.922 bits per heavy atom. The monoisotopic (exact) mass is 822 g/mol. The van der Waals surface area contributed by atoms with Crippen molar-refractivity contribution in [3.05, 3.63) is 206 Å². The number of rotatable bonds is 7. The molecule has 0 bridgehead atoms. The van der Waals surface area contributed by atoms with Crippen molar-refractivity contribution >= 4 is 32.7 Å². The number of fused-ring (bicyclic) bond motifs is 4. The summed E-state index contributed by atoms with van der Waals surface area (Å²) in [7, 11) is 0. The van der Waals surface area contributed by atoms with Crippen LogP contribution in [-0.4, -0.2) is 29.9 Å². The Kier molecular flexibility index (Phi) is 9.62. The van der Waals surface area contributed by atoms with E-state index in [1.54, 1.807) is 0 Å². The molecule has 64 heavy (non-hydrogen) atoms. The van der Waals surface area contributed by atoms with Gasteiger partial charge in [0.05, 0.1) is 22.2 Å². The lowest BCUT2D eigenvalue weighted by Gasteiger charge is -2.19. The molecule has 0 fully saturated rings. The van der Waals surface area contributed by atoms with Crippen molar-refractivity contribution < 1.29 is 0 Å². The summed E-state index contributed by atoms with van der Waals surface area (Å²) in [5, 5.41) is 3.24. The van der Waals surface area contributed by atoms with E-state index in [2.05, 4.69) is 171 Å². The fourth-order valence-corrected chi connectivity index (χ4v) is 8.49. The molecule has 0 saturated heterocycles. The first-order chi connectivity index (χ1) is 31.3. The fourth-order valence-electron chi connectivity index (χ4n) is 8.49. The molecule has 6 nitrogen and oxygen atoms in total. The highest BCUT2D eigenvalue weighted by Gasteiger charge is 2.19. The van der Waals surface area contributed by atoms with Gasteiger partial charge in [0.1, 0.15) is 0 Å². The number of pyridine rings is 3. The van der Waals surface area contributed by atoms with E-state index in [1.807, 2.05) is 54.7 Å². The maximum absolute atomic E-state index is 5.30. The molecule has 0 N–H and O–H groups in total. The van der Waals surface area contributed by atoms with Crippen LogP contribution >= 0.6 is 0 Å². The van der Waals surface area contributed by atoms with Gasteiger partial charge in [-0.05, 0) is 69.8 Å². The zero-order valence-corrected chi connectivity index (χ0v) is 35.7. The summed E-state index contributed by atoms with van der Waals surface area (Å²) in [6, 6.07) is 67.4. The largest absolute Gasteiger partial charge is 0.256 e. The molecule has 4 aromatic heterocycles. The van der Waals surface area contributed by atoms with Crippen LogP contribution in [0, 0.1) is 0 Å². The van der Waals surface area contributed by atoms with Crippen LogP contribution in [0.3, 0.4) is 0 Å². The zero-order chi connectivity index (χ0) is 43.2. The smallest absolute Gasteiger partial charge is 0.164 e. The molecule has 0 saturated carbocycles. The number of nitrogens with zero attached hydrogens (tertiary/aromatic N) is 6. The lowest BCUT2D eigenvalue weighted by Crippen LogP contribution is -2.13. The van der Waals surface area contributed by atoms with Gasteiger partial charge in [-0.1, -0.05) is 178 Å². The molecule has 7 aromatic carbocycles. The molecule has 11 aromatic rings. The lowest BCUT2D eigenvalue weighted by molar-refractivity contribution is 0.571. The normalized spacial score (nSPS) is 11.7. The molecule has 0 aliphatic carbocycles. The van der Waals surface area contributed by atoms with Gasteiger partial charge in [-0.3, -0.25) is 4.98 Å². The number of hydrogen-bond donors (Lipinski definition) is 0. The topological polar surface area (TPSA) is 77.3 Å². The molecule has 0 atom stereocenters. The Morgan fingerprint density at radius 1 is 0.344 bits per heavy atom. The minimum atomic E-state index is -0.0983. The van der Waals surface area contributed by atoms with Gasteiger partial charge in [0, 0.05) is 55.7 Å². The molecule has 0 aliphatic rings. The van der Waals surface area contributed by atoms with Crippen LogP contribution in [0.5, 0.6) is 0 Å². The van der Waals surface area contributed by atoms with Gasteiger partial charge in [0.15, 0.2) is 17.5 Å². The van der Waals surface area contributed by atoms with E-state index in [9.17, 15) is 0 Å². The number of hydrogen-bond acceptors (Lipinski definition) is 6. The van der Waals surface area contributed by atoms with E-state index in [0.29, 0.717) is 17.5 Å². The molecular formula is C58H42N6. The van der Waals surface area contributed by atoms with E-state index in [4.69, 9.17) is 24.9 Å². The van der Waals surface area contributed by atoms with Crippen molar-refractivity contribution in [2.24, 2.45) is 0 Å². The van der Waals surface area contributed by atoms with E-state index < -0.39 is 0 Å². The molecule has 4 heterocycles.